The van der Waals surface area contributed by atoms with E-state index >= 15 is 0 Å². The van der Waals surface area contributed by atoms with Gasteiger partial charge in [0.25, 0.3) is 11.8 Å². The largest absolute Gasteiger partial charge is 0.394 e. The summed E-state index contributed by atoms with van der Waals surface area (Å²) in [5.74, 6) is 6.02. The lowest BCUT2D eigenvalue weighted by Gasteiger charge is -2.34. The Balaban J connectivity index is 0.000000111. The molecule has 11 aromatic rings. The summed E-state index contributed by atoms with van der Waals surface area (Å²) in [4.78, 5) is 76.2. The van der Waals surface area contributed by atoms with Crippen LogP contribution in [0.2, 0.25) is 0 Å². The van der Waals surface area contributed by atoms with Gasteiger partial charge in [-0.3, -0.25) is 19.2 Å². The zero-order valence-corrected chi connectivity index (χ0v) is 71.1. The number of anilines is 10. The van der Waals surface area contributed by atoms with Crippen molar-refractivity contribution in [3.8, 4) is 11.1 Å². The molecule has 0 bridgehead atoms. The molecular formula is C94H103FN26O6. The molecule has 8 aromatic heterocycles. The third-order valence-corrected chi connectivity index (χ3v) is 24.4. The number of aliphatic hydroxyl groups excluding tert-OH is 2. The van der Waals surface area contributed by atoms with Gasteiger partial charge in [0.2, 0.25) is 11.8 Å². The van der Waals surface area contributed by atoms with Crippen LogP contribution in [0.25, 0.3) is 58.0 Å². The van der Waals surface area contributed by atoms with Crippen LogP contribution in [0.3, 0.4) is 0 Å². The molecule has 4 aliphatic carbocycles. The van der Waals surface area contributed by atoms with Crippen LogP contribution >= 0.6 is 0 Å². The van der Waals surface area contributed by atoms with E-state index in [1.165, 1.54) is 11.8 Å². The summed E-state index contributed by atoms with van der Waals surface area (Å²) < 4.78 is 21.4. The van der Waals surface area contributed by atoms with Crippen LogP contribution in [0.15, 0.2) is 187 Å². The summed E-state index contributed by atoms with van der Waals surface area (Å²) >= 11 is 0. The first-order valence-corrected chi connectivity index (χ1v) is 43.7. The fraction of sp³-hybridized carbons (Fsp3) is 0.340. The van der Waals surface area contributed by atoms with Gasteiger partial charge in [-0.15, -0.1) is 0 Å². The minimum Gasteiger partial charge on any atom is -0.394 e. The second-order valence-corrected chi connectivity index (χ2v) is 34.6. The van der Waals surface area contributed by atoms with Crippen LogP contribution in [0, 0.1) is 12.7 Å². The number of halogens is 1. The van der Waals surface area contributed by atoms with Gasteiger partial charge in [0, 0.05) is 181 Å². The highest BCUT2D eigenvalue weighted by molar-refractivity contribution is 6.04. The number of fused-ring (bicyclic) bond motifs is 4. The summed E-state index contributed by atoms with van der Waals surface area (Å²) in [6.07, 6.45) is 27.8. The topological polar surface area (TPSA) is 363 Å². The molecule has 0 radical (unpaired) electrons. The highest BCUT2D eigenvalue weighted by Gasteiger charge is 2.34. The monoisotopic (exact) mass is 1710 g/mol. The van der Waals surface area contributed by atoms with E-state index in [4.69, 9.17) is 19.9 Å². The Hall–Kier alpha value is -14.1. The smallest absolute Gasteiger partial charge is 0.251 e. The van der Waals surface area contributed by atoms with Crippen LogP contribution in [0.4, 0.5) is 62.3 Å². The van der Waals surface area contributed by atoms with Crippen molar-refractivity contribution in [2.75, 3.05) is 106 Å². The number of aliphatic hydroxyl groups is 2. The average Bonchev–Trinajstić information content (AvgIpc) is 1.64. The molecule has 12 N–H and O–H groups in total. The van der Waals surface area contributed by atoms with Crippen molar-refractivity contribution in [1.29, 1.82) is 0 Å². The number of nitrogens with zero attached hydrogens (tertiary/aromatic N) is 16. The first-order chi connectivity index (χ1) is 61.6. The van der Waals surface area contributed by atoms with Gasteiger partial charge < -0.3 is 83.0 Å². The van der Waals surface area contributed by atoms with E-state index in [1.54, 1.807) is 44.4 Å². The molecule has 22 rings (SSSR count). The van der Waals surface area contributed by atoms with Crippen molar-refractivity contribution in [3.05, 3.63) is 226 Å². The standard InChI is InChI=1S/C29H27FN6O.C26H30N8O.C20H24N6O2.C19H22N6O2/c1-17-5-3-4-6-24(17)25-13-22(30)8-7-19(25)15-31-26-14-27(34-23-9-10-23)36-29(35-26)21(16-32-36)11-20-12-28(37)33-18(20)2;1-17-18(13-25(35)28-17)12-19-16-27-34-24(30-20-6-7-20)15-23(31-26(19)34)29-21-4-3-5-22(14-21)33-10-8-32(2)9-11-33;1-12-7-13(20(28)22-12)8-14-10-21-26-18(23-15-4-5-15)9-17(24-19(14)26)25-6-2-3-16(25)11-27;1-11-6-12(19(27)21-11)7-13-9-20-25-17(22-14-2-3-14)8-16(23-18(13)25)24-5-4-15(26)10-24/h3-8,11,13-14,16,23,34H,2,9-10,12,15H2,1H3,(H,31,35)(H,33,37);3-5,12,14-16,20,30H,1,6-11,13H2,2H3,(H,28,35)(H,29,31);8-10,15-16,23,27H,1-7,11H2,(H,22,28);7-9,14-15,22,26H,1-6,10H2,(H,21,27)/b20-11+;18-12+;13-8+;12-7+/t;;16-;15-/m..00/s1. The molecular weight excluding hydrogens is 1610 g/mol. The van der Waals surface area contributed by atoms with E-state index in [1.807, 2.05) is 90.3 Å². The number of amides is 4. The molecule has 4 amide bonds. The number of aryl methyl sites for hydroxylation is 1. The van der Waals surface area contributed by atoms with Gasteiger partial charge in [-0.2, -0.15) is 38.5 Å². The van der Waals surface area contributed by atoms with Crippen molar-refractivity contribution >= 4 is 128 Å². The predicted octanol–water partition coefficient (Wildman–Crippen LogP) is 11.6. The normalized spacial score (nSPS) is 20.7. The Kier molecular flexibility index (Phi) is 22.9. The highest BCUT2D eigenvalue weighted by atomic mass is 19.1. The number of allylic oxidation sites excluding steroid dienone is 4. The zero-order chi connectivity index (χ0) is 87.3. The number of carbonyl (C=O) groups is 4. The molecule has 11 fully saturated rings. The number of carbonyl (C=O) groups excluding carboxylic acids is 4. The van der Waals surface area contributed by atoms with Crippen LogP contribution < -0.4 is 67.9 Å². The number of rotatable bonds is 22. The minimum absolute atomic E-state index is 0.0376. The van der Waals surface area contributed by atoms with Gasteiger partial charge >= 0.3 is 0 Å². The first-order valence-electron chi connectivity index (χ1n) is 43.7. The van der Waals surface area contributed by atoms with Crippen LogP contribution in [0.1, 0.15) is 130 Å². The van der Waals surface area contributed by atoms with E-state index in [2.05, 4.69) is 151 Å². The van der Waals surface area contributed by atoms with Crippen molar-refractivity contribution in [3.63, 3.8) is 0 Å². The molecule has 2 atom stereocenters. The van der Waals surface area contributed by atoms with Gasteiger partial charge in [0.1, 0.15) is 52.4 Å². The number of hydrogen-bond acceptors (Lipinski definition) is 24. The molecule has 11 aliphatic rings. The number of β-amino-alcohol motifs (C(OH)–C–C–N with tert-alkyl or cyclic N) is 1. The lowest BCUT2D eigenvalue weighted by Crippen LogP contribution is -2.44. The van der Waals surface area contributed by atoms with E-state index in [0.717, 1.165) is 218 Å². The van der Waals surface area contributed by atoms with E-state index in [-0.39, 0.29) is 54.6 Å². The average molecular weight is 1710 g/mol. The number of aromatic nitrogens is 12. The molecule has 652 valence electrons. The van der Waals surface area contributed by atoms with Crippen LogP contribution in [-0.2, 0) is 25.7 Å². The summed E-state index contributed by atoms with van der Waals surface area (Å²) in [6.45, 7) is 24.6. The number of benzene rings is 3. The minimum atomic E-state index is -0.317. The van der Waals surface area contributed by atoms with Gasteiger partial charge in [0.15, 0.2) is 22.6 Å². The highest BCUT2D eigenvalue weighted by Crippen LogP contribution is 2.38. The zero-order valence-electron chi connectivity index (χ0n) is 71.1. The molecule has 7 saturated heterocycles. The third kappa shape index (κ3) is 18.8. The van der Waals surface area contributed by atoms with Gasteiger partial charge in [-0.05, 0) is 173 Å². The molecule has 0 spiro atoms. The number of hydrogen-bond donors (Lipinski definition) is 12. The maximum Gasteiger partial charge on any atom is 0.251 e. The fourth-order valence-corrected chi connectivity index (χ4v) is 16.8. The van der Waals surface area contributed by atoms with E-state index in [0.29, 0.717) is 113 Å². The van der Waals surface area contributed by atoms with Gasteiger partial charge in [-0.25, -0.2) is 24.3 Å². The number of nitrogens with one attached hydrogen (secondary N) is 10. The van der Waals surface area contributed by atoms with Crippen molar-refractivity contribution in [2.24, 2.45) is 0 Å². The third-order valence-electron chi connectivity index (χ3n) is 24.4. The van der Waals surface area contributed by atoms with Crippen LogP contribution in [0.5, 0.6) is 0 Å². The Labute approximate surface area is 732 Å². The maximum atomic E-state index is 14.2. The fourth-order valence-electron chi connectivity index (χ4n) is 16.8. The Morgan fingerprint density at radius 3 is 1.48 bits per heavy atom. The van der Waals surface area contributed by atoms with Gasteiger partial charge in [0.05, 0.1) is 56.4 Å². The molecule has 7 aliphatic heterocycles. The molecule has 33 heteroatoms. The lowest BCUT2D eigenvalue weighted by molar-refractivity contribution is -0.119. The molecule has 32 nitrogen and oxygen atoms in total. The molecule has 3 aromatic carbocycles. The summed E-state index contributed by atoms with van der Waals surface area (Å²) in [5, 5.41) is 69.9. The summed E-state index contributed by atoms with van der Waals surface area (Å²) in [6, 6.07) is 31.3. The van der Waals surface area contributed by atoms with E-state index < -0.39 is 0 Å². The van der Waals surface area contributed by atoms with Crippen molar-refractivity contribution < 1.29 is 33.8 Å². The molecule has 4 saturated carbocycles. The van der Waals surface area contributed by atoms with Crippen molar-refractivity contribution in [1.82, 2.24) is 84.6 Å². The van der Waals surface area contributed by atoms with Crippen LogP contribution in [-0.4, -0.2) is 193 Å². The lowest BCUT2D eigenvalue weighted by atomic mass is 9.96. The second-order valence-electron chi connectivity index (χ2n) is 34.6. The predicted molar refractivity (Wildman–Crippen MR) is 492 cm³/mol. The quantitative estimate of drug-likeness (QED) is 0.0280. The molecule has 0 unspecified atom stereocenters. The number of piperazine rings is 1. The maximum absolute atomic E-state index is 14.2. The van der Waals surface area contributed by atoms with Gasteiger partial charge in [-0.1, -0.05) is 62.7 Å². The Morgan fingerprint density at radius 1 is 0.496 bits per heavy atom. The molecule has 127 heavy (non-hydrogen) atoms. The first kappa shape index (κ1) is 82.6. The Morgan fingerprint density at radius 2 is 0.992 bits per heavy atom. The summed E-state index contributed by atoms with van der Waals surface area (Å²) in [7, 11) is 2.17. The second kappa shape index (κ2) is 35.2. The summed E-state index contributed by atoms with van der Waals surface area (Å²) in [5.41, 5.74) is 17.9. The van der Waals surface area contributed by atoms with Crippen molar-refractivity contribution in [2.45, 2.75) is 146 Å². The number of likely N-dealkylation sites (N-methyl/N-ethyl adjacent to an activating group) is 1. The molecule has 15 heterocycles. The SMILES string of the molecule is C=C1C/C(=C\c2cnn3c(NC4CC4)cc(N4CCC[C@H]4CO)nc23)C(=O)N1.C=C1C/C(=C\c2cnn3c(NC4CC4)cc(N4CC[C@H](O)C4)nc23)C(=O)N1.C=C1NC(=O)C/C1=C\c1cnn2c(NC3CC3)cc(NCc3ccc(F)cc3-c3ccccc3C)nc12.C=C1NC(=O)C/C1=C\c1cnn2c(NC3CC3)cc(Nc3cccc(N4CCN(C)CC4)c3)nc12. The van der Waals surface area contributed by atoms with E-state index in [9.17, 15) is 33.8 Å². The Bertz CT molecular complexity index is 6380.